The van der Waals surface area contributed by atoms with E-state index in [2.05, 4.69) is 32.9 Å². The molecule has 1 N–H and O–H groups in total. The molecule has 3 nitrogen and oxygen atoms in total. The van der Waals surface area contributed by atoms with Gasteiger partial charge in [0, 0.05) is 18.1 Å². The summed E-state index contributed by atoms with van der Waals surface area (Å²) >= 11 is 0. The van der Waals surface area contributed by atoms with E-state index < -0.39 is 0 Å². The number of aliphatic hydroxyl groups excluding tert-OH is 1. The third kappa shape index (κ3) is 3.26. The predicted molar refractivity (Wildman–Crippen MR) is 90.7 cm³/mol. The molecule has 1 heterocycles. The SMILES string of the molecule is CC(=CCC(C)(C)CO)C1CCC2CCC=C3C(=O)OCC3C21. The Morgan fingerprint density at radius 3 is 2.91 bits per heavy atom. The normalized spacial score (nSPS) is 34.5. The lowest BCUT2D eigenvalue weighted by Crippen LogP contribution is -2.26. The van der Waals surface area contributed by atoms with E-state index in [1.54, 1.807) is 0 Å². The number of carbonyl (C=O) groups is 1. The Bertz CT molecular complexity index is 529. The Kier molecular flexibility index (Phi) is 4.68. The predicted octanol–water partition coefficient (Wildman–Crippen LogP) is 3.88. The second-order valence-corrected chi connectivity index (χ2v) is 8.44. The average molecular weight is 318 g/mol. The third-order valence-corrected chi connectivity index (χ3v) is 6.24. The van der Waals surface area contributed by atoms with Gasteiger partial charge in [-0.25, -0.2) is 4.79 Å². The van der Waals surface area contributed by atoms with Crippen molar-refractivity contribution >= 4 is 5.97 Å². The third-order valence-electron chi connectivity index (χ3n) is 6.24. The van der Waals surface area contributed by atoms with Gasteiger partial charge < -0.3 is 9.84 Å². The first-order valence-electron chi connectivity index (χ1n) is 9.07. The minimum atomic E-state index is -0.0793. The molecule has 1 saturated carbocycles. The number of hydrogen-bond acceptors (Lipinski definition) is 3. The van der Waals surface area contributed by atoms with Gasteiger partial charge in [-0.05, 0) is 62.2 Å². The summed E-state index contributed by atoms with van der Waals surface area (Å²) in [4.78, 5) is 12.0. The Balaban J connectivity index is 1.80. The maximum Gasteiger partial charge on any atom is 0.334 e. The molecular formula is C20H30O3. The van der Waals surface area contributed by atoms with Crippen molar-refractivity contribution in [1.29, 1.82) is 0 Å². The zero-order valence-corrected chi connectivity index (χ0v) is 14.7. The van der Waals surface area contributed by atoms with E-state index in [4.69, 9.17) is 4.74 Å². The quantitative estimate of drug-likeness (QED) is 0.632. The van der Waals surface area contributed by atoms with E-state index in [1.165, 1.54) is 24.8 Å². The van der Waals surface area contributed by atoms with Crippen LogP contribution >= 0.6 is 0 Å². The molecule has 4 unspecified atom stereocenters. The number of carbonyl (C=O) groups excluding carboxylic acids is 1. The fourth-order valence-electron chi connectivity index (χ4n) is 4.73. The van der Waals surface area contributed by atoms with Gasteiger partial charge in [0.1, 0.15) is 0 Å². The second kappa shape index (κ2) is 6.43. The molecule has 0 amide bonds. The largest absolute Gasteiger partial charge is 0.462 e. The van der Waals surface area contributed by atoms with Gasteiger partial charge in [0.2, 0.25) is 0 Å². The number of esters is 1. The van der Waals surface area contributed by atoms with Crippen LogP contribution in [0.4, 0.5) is 0 Å². The van der Waals surface area contributed by atoms with Crippen LogP contribution in [0.2, 0.25) is 0 Å². The fraction of sp³-hybridized carbons (Fsp3) is 0.750. The van der Waals surface area contributed by atoms with Crippen LogP contribution in [0.15, 0.2) is 23.3 Å². The summed E-state index contributed by atoms with van der Waals surface area (Å²) in [6.45, 7) is 7.24. The molecule has 0 spiro atoms. The maximum atomic E-state index is 12.0. The standard InChI is InChI=1S/C20H30O3/c1-13(9-10-20(2,3)12-21)15-8-7-14-5-4-6-16-17(18(14)15)11-23-19(16)22/h6,9,14-15,17-18,21H,4-5,7-8,10-12H2,1-3H3. The number of fused-ring (bicyclic) bond motifs is 3. The van der Waals surface area contributed by atoms with Crippen LogP contribution in [0, 0.1) is 29.1 Å². The van der Waals surface area contributed by atoms with Crippen LogP contribution in [0.5, 0.6) is 0 Å². The molecule has 1 aliphatic heterocycles. The first-order valence-corrected chi connectivity index (χ1v) is 9.07. The van der Waals surface area contributed by atoms with Crippen molar-refractivity contribution < 1.29 is 14.6 Å². The molecule has 2 fully saturated rings. The van der Waals surface area contributed by atoms with Crippen molar-refractivity contribution in [3.63, 3.8) is 0 Å². The molecule has 0 aromatic carbocycles. The van der Waals surface area contributed by atoms with Gasteiger partial charge in [0.25, 0.3) is 0 Å². The topological polar surface area (TPSA) is 46.5 Å². The Morgan fingerprint density at radius 2 is 2.17 bits per heavy atom. The number of aliphatic hydroxyl groups is 1. The van der Waals surface area contributed by atoms with Crippen LogP contribution in [-0.4, -0.2) is 24.3 Å². The van der Waals surface area contributed by atoms with Gasteiger partial charge in [0.15, 0.2) is 0 Å². The van der Waals surface area contributed by atoms with E-state index in [1.807, 2.05) is 0 Å². The molecule has 1 saturated heterocycles. The van der Waals surface area contributed by atoms with Gasteiger partial charge in [-0.1, -0.05) is 31.6 Å². The van der Waals surface area contributed by atoms with Crippen molar-refractivity contribution in [1.82, 2.24) is 0 Å². The maximum absolute atomic E-state index is 12.0. The Morgan fingerprint density at radius 1 is 1.39 bits per heavy atom. The molecule has 3 aliphatic rings. The summed E-state index contributed by atoms with van der Waals surface area (Å²) < 4.78 is 5.36. The number of cyclic esters (lactones) is 1. The summed E-state index contributed by atoms with van der Waals surface area (Å²) in [6.07, 6.45) is 10.1. The number of rotatable bonds is 4. The molecule has 0 bridgehead atoms. The smallest absolute Gasteiger partial charge is 0.334 e. The van der Waals surface area contributed by atoms with E-state index in [9.17, 15) is 9.90 Å². The van der Waals surface area contributed by atoms with Crippen molar-refractivity contribution in [2.45, 2.75) is 52.9 Å². The molecular weight excluding hydrogens is 288 g/mol. The highest BCUT2D eigenvalue weighted by Crippen LogP contribution is 2.52. The van der Waals surface area contributed by atoms with Gasteiger partial charge in [-0.15, -0.1) is 0 Å². The molecule has 128 valence electrons. The van der Waals surface area contributed by atoms with Crippen LogP contribution in [0.25, 0.3) is 0 Å². The summed E-state index contributed by atoms with van der Waals surface area (Å²) in [7, 11) is 0. The van der Waals surface area contributed by atoms with E-state index in [-0.39, 0.29) is 18.0 Å². The molecule has 3 heteroatoms. The molecule has 2 aliphatic carbocycles. The Hall–Kier alpha value is -1.09. The minimum Gasteiger partial charge on any atom is -0.462 e. The summed E-state index contributed by atoms with van der Waals surface area (Å²) in [6, 6.07) is 0. The number of ether oxygens (including phenoxy) is 1. The van der Waals surface area contributed by atoms with Gasteiger partial charge in [-0.2, -0.15) is 0 Å². The number of allylic oxidation sites excluding steroid dienone is 3. The lowest BCUT2D eigenvalue weighted by Gasteiger charge is -2.29. The van der Waals surface area contributed by atoms with Gasteiger partial charge in [-0.3, -0.25) is 0 Å². The molecule has 0 aromatic rings. The highest BCUT2D eigenvalue weighted by atomic mass is 16.5. The Labute approximate surface area is 139 Å². The van der Waals surface area contributed by atoms with Crippen molar-refractivity contribution in [3.8, 4) is 0 Å². The monoisotopic (exact) mass is 318 g/mol. The number of hydrogen-bond donors (Lipinski definition) is 1. The van der Waals surface area contributed by atoms with E-state index in [0.29, 0.717) is 24.4 Å². The van der Waals surface area contributed by atoms with Crippen LogP contribution < -0.4 is 0 Å². The van der Waals surface area contributed by atoms with E-state index >= 15 is 0 Å². The van der Waals surface area contributed by atoms with Crippen molar-refractivity contribution in [2.75, 3.05) is 13.2 Å². The molecule has 0 radical (unpaired) electrons. The average Bonchev–Trinajstić information content (AvgIpc) is 3.04. The molecule has 3 rings (SSSR count). The summed E-state index contributed by atoms with van der Waals surface area (Å²) in [5.74, 6) is 2.07. The molecule has 23 heavy (non-hydrogen) atoms. The van der Waals surface area contributed by atoms with E-state index in [0.717, 1.165) is 24.3 Å². The zero-order valence-electron chi connectivity index (χ0n) is 14.7. The van der Waals surface area contributed by atoms with Crippen LogP contribution in [0.1, 0.15) is 52.9 Å². The van der Waals surface area contributed by atoms with Gasteiger partial charge in [0.05, 0.1) is 6.61 Å². The van der Waals surface area contributed by atoms with Crippen molar-refractivity contribution in [2.24, 2.45) is 29.1 Å². The second-order valence-electron chi connectivity index (χ2n) is 8.44. The van der Waals surface area contributed by atoms with Gasteiger partial charge >= 0.3 is 5.97 Å². The molecule has 4 atom stereocenters. The van der Waals surface area contributed by atoms with Crippen molar-refractivity contribution in [3.05, 3.63) is 23.3 Å². The first kappa shape index (κ1) is 16.8. The van der Waals surface area contributed by atoms with Crippen LogP contribution in [-0.2, 0) is 9.53 Å². The lowest BCUT2D eigenvalue weighted by atomic mass is 9.74. The highest BCUT2D eigenvalue weighted by Gasteiger charge is 2.47. The molecule has 0 aromatic heterocycles. The first-order chi connectivity index (χ1) is 10.9. The highest BCUT2D eigenvalue weighted by molar-refractivity contribution is 5.91. The zero-order chi connectivity index (χ0) is 16.6. The van der Waals surface area contributed by atoms with Crippen LogP contribution in [0.3, 0.4) is 0 Å². The summed E-state index contributed by atoms with van der Waals surface area (Å²) in [5, 5.41) is 9.46. The fourth-order valence-corrected chi connectivity index (χ4v) is 4.73. The minimum absolute atomic E-state index is 0.0553. The summed E-state index contributed by atoms with van der Waals surface area (Å²) in [5.41, 5.74) is 2.34. The lowest BCUT2D eigenvalue weighted by molar-refractivity contribution is -0.135.